The summed E-state index contributed by atoms with van der Waals surface area (Å²) in [5, 5.41) is 12.9. The van der Waals surface area contributed by atoms with Crippen molar-refractivity contribution in [3.05, 3.63) is 70.7 Å². The zero-order valence-electron chi connectivity index (χ0n) is 14.7. The Morgan fingerprint density at radius 1 is 1.07 bits per heavy atom. The van der Waals surface area contributed by atoms with Gasteiger partial charge in [0.05, 0.1) is 0 Å². The number of halogens is 1. The van der Waals surface area contributed by atoms with Crippen molar-refractivity contribution in [3.8, 4) is 0 Å². The van der Waals surface area contributed by atoms with Gasteiger partial charge >= 0.3 is 12.1 Å². The summed E-state index contributed by atoms with van der Waals surface area (Å²) in [7, 11) is 0. The molecule has 27 heavy (non-hydrogen) atoms. The Kier molecular flexibility index (Phi) is 4.35. The number of nitrogens with one attached hydrogen (secondary N) is 1. The van der Waals surface area contributed by atoms with E-state index in [4.69, 9.17) is 16.3 Å². The standard InChI is InChI=1S/C21H20ClNO4/c22-16-8-6-15(7-9-16)20-11-21(12-20,13-20)17(18(24)25)23-19(26)27-10-14-4-2-1-3-5-14/h1-9,17H,10-13H2,(H,23,26)(H,24,25). The Morgan fingerprint density at radius 2 is 1.70 bits per heavy atom. The van der Waals surface area contributed by atoms with Crippen LogP contribution in [0.3, 0.4) is 0 Å². The van der Waals surface area contributed by atoms with Crippen molar-refractivity contribution in [2.24, 2.45) is 5.41 Å². The molecule has 3 fully saturated rings. The second-order valence-corrected chi connectivity index (χ2v) is 8.09. The number of alkyl carbamates (subject to hydrolysis) is 1. The number of hydrogen-bond acceptors (Lipinski definition) is 3. The highest BCUT2D eigenvalue weighted by molar-refractivity contribution is 6.30. The third kappa shape index (κ3) is 3.16. The van der Waals surface area contributed by atoms with E-state index < -0.39 is 23.5 Å². The van der Waals surface area contributed by atoms with E-state index in [9.17, 15) is 14.7 Å². The number of carboxylic acids is 1. The molecule has 2 aromatic carbocycles. The highest BCUT2D eigenvalue weighted by Crippen LogP contribution is 2.74. The molecule has 0 aromatic heterocycles. The second-order valence-electron chi connectivity index (χ2n) is 7.66. The number of carboxylic acid groups (broad SMARTS) is 1. The predicted molar refractivity (Wildman–Crippen MR) is 101 cm³/mol. The molecular formula is C21H20ClNO4. The molecule has 2 aromatic rings. The second kappa shape index (κ2) is 6.57. The Morgan fingerprint density at radius 3 is 2.30 bits per heavy atom. The van der Waals surface area contributed by atoms with Gasteiger partial charge < -0.3 is 15.2 Å². The van der Waals surface area contributed by atoms with Crippen LogP contribution in [0.2, 0.25) is 5.02 Å². The predicted octanol–water partition coefficient (Wildman–Crippen LogP) is 4.14. The van der Waals surface area contributed by atoms with Gasteiger partial charge in [-0.1, -0.05) is 54.1 Å². The lowest BCUT2D eigenvalue weighted by atomic mass is 9.31. The third-order valence-electron chi connectivity index (χ3n) is 5.86. The molecule has 0 spiro atoms. The lowest BCUT2D eigenvalue weighted by Gasteiger charge is -2.72. The normalized spacial score (nSPS) is 26.3. The summed E-state index contributed by atoms with van der Waals surface area (Å²) in [5.41, 5.74) is 1.67. The average Bonchev–Trinajstić information content (AvgIpc) is 2.59. The molecule has 0 heterocycles. The van der Waals surface area contributed by atoms with E-state index in [0.717, 1.165) is 24.8 Å². The van der Waals surface area contributed by atoms with E-state index in [0.29, 0.717) is 5.02 Å². The van der Waals surface area contributed by atoms with E-state index in [1.54, 1.807) is 0 Å². The van der Waals surface area contributed by atoms with Crippen molar-refractivity contribution in [2.75, 3.05) is 0 Å². The fourth-order valence-electron chi connectivity index (χ4n) is 4.64. The molecule has 3 aliphatic rings. The van der Waals surface area contributed by atoms with Gasteiger partial charge in [-0.05, 0) is 47.9 Å². The van der Waals surface area contributed by atoms with Gasteiger partial charge in [0.1, 0.15) is 12.6 Å². The number of aliphatic carboxylic acids is 1. The smallest absolute Gasteiger partial charge is 0.408 e. The largest absolute Gasteiger partial charge is 0.480 e. The van der Waals surface area contributed by atoms with Crippen LogP contribution in [0.25, 0.3) is 0 Å². The number of hydrogen-bond donors (Lipinski definition) is 2. The van der Waals surface area contributed by atoms with E-state index in [1.165, 1.54) is 5.56 Å². The molecule has 0 aliphatic heterocycles. The molecule has 6 heteroatoms. The first kappa shape index (κ1) is 17.9. The molecule has 5 rings (SSSR count). The van der Waals surface area contributed by atoms with E-state index >= 15 is 0 Å². The summed E-state index contributed by atoms with van der Waals surface area (Å²) in [6.45, 7) is 0.112. The minimum atomic E-state index is -1.02. The van der Waals surface area contributed by atoms with Crippen LogP contribution in [-0.2, 0) is 21.6 Å². The van der Waals surface area contributed by atoms with Crippen LogP contribution in [0.15, 0.2) is 54.6 Å². The molecule has 2 bridgehead atoms. The Balaban J connectivity index is 1.36. The summed E-state index contributed by atoms with van der Waals surface area (Å²) in [5.74, 6) is -1.02. The van der Waals surface area contributed by atoms with E-state index in [2.05, 4.69) is 5.32 Å². The third-order valence-corrected chi connectivity index (χ3v) is 6.11. The Bertz CT molecular complexity index is 846. The monoisotopic (exact) mass is 385 g/mol. The van der Waals surface area contributed by atoms with Crippen LogP contribution >= 0.6 is 11.6 Å². The molecule has 3 aliphatic carbocycles. The SMILES string of the molecule is O=C(NC(C(=O)O)C12CC(c3ccc(Cl)cc3)(C1)C2)OCc1ccccc1. The molecule has 1 unspecified atom stereocenters. The van der Waals surface area contributed by atoms with Crippen molar-refractivity contribution < 1.29 is 19.4 Å². The molecular weight excluding hydrogens is 366 g/mol. The van der Waals surface area contributed by atoms with Crippen LogP contribution in [0.5, 0.6) is 0 Å². The lowest BCUT2D eigenvalue weighted by Crippen LogP contribution is -2.73. The van der Waals surface area contributed by atoms with Crippen molar-refractivity contribution in [3.63, 3.8) is 0 Å². The van der Waals surface area contributed by atoms with Gasteiger partial charge in [-0.15, -0.1) is 0 Å². The first-order valence-corrected chi connectivity index (χ1v) is 9.26. The molecule has 2 N–H and O–H groups in total. The summed E-state index contributed by atoms with van der Waals surface area (Å²) >= 11 is 5.95. The maximum Gasteiger partial charge on any atom is 0.408 e. The lowest BCUT2D eigenvalue weighted by molar-refractivity contribution is -0.183. The van der Waals surface area contributed by atoms with Gasteiger partial charge in [-0.2, -0.15) is 0 Å². The van der Waals surface area contributed by atoms with Crippen LogP contribution in [0.4, 0.5) is 4.79 Å². The maximum absolute atomic E-state index is 12.1. The zero-order valence-corrected chi connectivity index (χ0v) is 15.4. The van der Waals surface area contributed by atoms with E-state index in [1.807, 2.05) is 54.6 Å². The molecule has 5 nitrogen and oxygen atoms in total. The van der Waals surface area contributed by atoms with Crippen molar-refractivity contribution in [1.29, 1.82) is 0 Å². The fraction of sp³-hybridized carbons (Fsp3) is 0.333. The summed E-state index contributed by atoms with van der Waals surface area (Å²) in [6.07, 6.45) is 1.55. The first-order valence-electron chi connectivity index (χ1n) is 8.89. The highest BCUT2D eigenvalue weighted by atomic mass is 35.5. The van der Waals surface area contributed by atoms with Crippen LogP contribution in [-0.4, -0.2) is 23.2 Å². The Hall–Kier alpha value is -2.53. The van der Waals surface area contributed by atoms with Gasteiger partial charge in [0.2, 0.25) is 0 Å². The van der Waals surface area contributed by atoms with Crippen molar-refractivity contribution >= 4 is 23.7 Å². The topological polar surface area (TPSA) is 75.6 Å². The number of ether oxygens (including phenoxy) is 1. The van der Waals surface area contributed by atoms with Gasteiger partial charge in [0.25, 0.3) is 0 Å². The average molecular weight is 386 g/mol. The van der Waals surface area contributed by atoms with Gasteiger partial charge in [0.15, 0.2) is 0 Å². The summed E-state index contributed by atoms with van der Waals surface area (Å²) in [4.78, 5) is 23.9. The van der Waals surface area contributed by atoms with Gasteiger partial charge in [-0.3, -0.25) is 0 Å². The van der Waals surface area contributed by atoms with Crippen LogP contribution < -0.4 is 5.32 Å². The fourth-order valence-corrected chi connectivity index (χ4v) is 4.77. The molecule has 1 atom stereocenters. The van der Waals surface area contributed by atoms with Crippen LogP contribution in [0.1, 0.15) is 30.4 Å². The number of amides is 1. The molecule has 0 radical (unpaired) electrons. The van der Waals surface area contributed by atoms with Crippen LogP contribution in [0, 0.1) is 5.41 Å². The number of carbonyl (C=O) groups is 2. The maximum atomic E-state index is 12.1. The molecule has 1 amide bonds. The van der Waals surface area contributed by atoms with Crippen molar-refractivity contribution in [2.45, 2.75) is 37.3 Å². The minimum absolute atomic E-state index is 0.0217. The number of carbonyl (C=O) groups excluding carboxylic acids is 1. The quantitative estimate of drug-likeness (QED) is 0.783. The Labute approximate surface area is 162 Å². The number of benzene rings is 2. The van der Waals surface area contributed by atoms with Crippen molar-refractivity contribution in [1.82, 2.24) is 5.32 Å². The van der Waals surface area contributed by atoms with E-state index in [-0.39, 0.29) is 12.0 Å². The zero-order chi connectivity index (χ0) is 19.1. The number of rotatable bonds is 6. The summed E-state index contributed by atoms with van der Waals surface area (Å²) in [6, 6.07) is 16.1. The molecule has 140 valence electrons. The molecule has 0 saturated heterocycles. The highest BCUT2D eigenvalue weighted by Gasteiger charge is 2.72. The van der Waals surface area contributed by atoms with Gasteiger partial charge in [-0.25, -0.2) is 9.59 Å². The minimum Gasteiger partial charge on any atom is -0.480 e. The molecule has 3 saturated carbocycles. The van der Waals surface area contributed by atoms with Gasteiger partial charge in [0, 0.05) is 10.4 Å². The first-order chi connectivity index (χ1) is 12.9. The summed E-state index contributed by atoms with van der Waals surface area (Å²) < 4.78 is 5.18.